The van der Waals surface area contributed by atoms with Crippen LogP contribution in [0.15, 0.2) is 72.8 Å². The molecule has 3 aromatic carbocycles. The maximum Gasteiger partial charge on any atom is 0.244 e. The second kappa shape index (κ2) is 13.7. The maximum atomic E-state index is 14.0. The first-order chi connectivity index (χ1) is 18.5. The van der Waals surface area contributed by atoms with E-state index in [4.69, 9.17) is 27.9 Å². The van der Waals surface area contributed by atoms with E-state index in [1.54, 1.807) is 25.1 Å². The number of benzene rings is 3. The van der Waals surface area contributed by atoms with Gasteiger partial charge in [-0.25, -0.2) is 8.42 Å². The molecule has 0 saturated carbocycles. The van der Waals surface area contributed by atoms with Crippen LogP contribution in [0.5, 0.6) is 5.75 Å². The molecule has 1 atom stereocenters. The van der Waals surface area contributed by atoms with E-state index in [0.29, 0.717) is 22.9 Å². The van der Waals surface area contributed by atoms with Gasteiger partial charge in [-0.2, -0.15) is 0 Å². The molecule has 0 heterocycles. The quantitative estimate of drug-likeness (QED) is 0.333. The number of nitrogens with zero attached hydrogens (tertiary/aromatic N) is 2. The smallest absolute Gasteiger partial charge is 0.244 e. The Hall–Kier alpha value is -3.27. The van der Waals surface area contributed by atoms with Gasteiger partial charge >= 0.3 is 0 Å². The van der Waals surface area contributed by atoms with Crippen LogP contribution in [0.4, 0.5) is 5.69 Å². The Labute approximate surface area is 239 Å². The molecule has 0 saturated heterocycles. The lowest BCUT2D eigenvalue weighted by Gasteiger charge is -2.33. The molecule has 0 aliphatic carbocycles. The molecule has 0 bridgehead atoms. The molecule has 0 spiro atoms. The number of hydrogen-bond acceptors (Lipinski definition) is 5. The molecule has 0 aliphatic heterocycles. The van der Waals surface area contributed by atoms with E-state index in [1.807, 2.05) is 36.4 Å². The van der Waals surface area contributed by atoms with Crippen molar-refractivity contribution in [2.75, 3.05) is 30.8 Å². The van der Waals surface area contributed by atoms with Crippen molar-refractivity contribution in [1.82, 2.24) is 10.2 Å². The van der Waals surface area contributed by atoms with Gasteiger partial charge in [-0.15, -0.1) is 0 Å². The monoisotopic (exact) mass is 591 g/mol. The van der Waals surface area contributed by atoms with Crippen LogP contribution in [-0.2, 0) is 32.6 Å². The van der Waals surface area contributed by atoms with Gasteiger partial charge < -0.3 is 15.0 Å². The van der Waals surface area contributed by atoms with Crippen LogP contribution < -0.4 is 14.4 Å². The van der Waals surface area contributed by atoms with E-state index in [9.17, 15) is 18.0 Å². The molecule has 3 rings (SSSR count). The van der Waals surface area contributed by atoms with E-state index in [1.165, 1.54) is 30.2 Å². The molecule has 0 fully saturated rings. The third-order valence-corrected chi connectivity index (χ3v) is 7.63. The number of likely N-dealkylation sites (N-methyl/N-ethyl adjacent to an activating group) is 1. The first-order valence-electron chi connectivity index (χ1n) is 12.2. The Kier molecular flexibility index (Phi) is 10.6. The number of rotatable bonds is 12. The van der Waals surface area contributed by atoms with Gasteiger partial charge in [0.25, 0.3) is 0 Å². The van der Waals surface area contributed by atoms with E-state index in [0.717, 1.165) is 16.1 Å². The number of nitrogens with one attached hydrogen (secondary N) is 1. The summed E-state index contributed by atoms with van der Waals surface area (Å²) in [5, 5.41) is 3.21. The van der Waals surface area contributed by atoms with Gasteiger partial charge in [0.2, 0.25) is 21.8 Å². The van der Waals surface area contributed by atoms with Gasteiger partial charge in [-0.05, 0) is 48.4 Å². The lowest BCUT2D eigenvalue weighted by molar-refractivity contribution is -0.140. The van der Waals surface area contributed by atoms with Crippen LogP contribution in [-0.4, -0.2) is 57.6 Å². The fourth-order valence-corrected chi connectivity index (χ4v) is 5.51. The van der Waals surface area contributed by atoms with E-state index in [-0.39, 0.29) is 29.6 Å². The van der Waals surface area contributed by atoms with E-state index < -0.39 is 28.5 Å². The highest BCUT2D eigenvalue weighted by Crippen LogP contribution is 2.31. The number of anilines is 1. The maximum absolute atomic E-state index is 14.0. The molecule has 8 nitrogen and oxygen atoms in total. The number of halogens is 2. The summed E-state index contributed by atoms with van der Waals surface area (Å²) < 4.78 is 31.9. The fraction of sp³-hybridized carbons (Fsp3) is 0.286. The Morgan fingerprint density at radius 1 is 0.974 bits per heavy atom. The summed E-state index contributed by atoms with van der Waals surface area (Å²) in [7, 11) is -2.41. The van der Waals surface area contributed by atoms with Crippen LogP contribution in [0.2, 0.25) is 10.0 Å². The first-order valence-corrected chi connectivity index (χ1v) is 14.8. The summed E-state index contributed by atoms with van der Waals surface area (Å²) in [5.41, 5.74) is 1.66. The fourth-order valence-electron chi connectivity index (χ4n) is 4.09. The van der Waals surface area contributed by atoms with Crippen molar-refractivity contribution in [3.63, 3.8) is 0 Å². The molecule has 39 heavy (non-hydrogen) atoms. The first kappa shape index (κ1) is 30.3. The van der Waals surface area contributed by atoms with Gasteiger partial charge in [0.05, 0.1) is 24.1 Å². The third kappa shape index (κ3) is 8.36. The molecule has 0 aromatic heterocycles. The zero-order valence-electron chi connectivity index (χ0n) is 21.9. The molecule has 0 aliphatic rings. The molecule has 2 amide bonds. The summed E-state index contributed by atoms with van der Waals surface area (Å²) in [5.74, 6) is -0.349. The summed E-state index contributed by atoms with van der Waals surface area (Å²) in [4.78, 5) is 28.7. The van der Waals surface area contributed by atoms with Gasteiger partial charge in [-0.3, -0.25) is 13.9 Å². The highest BCUT2D eigenvalue weighted by molar-refractivity contribution is 7.92. The summed E-state index contributed by atoms with van der Waals surface area (Å²) in [6.07, 6.45) is 1.21. The van der Waals surface area contributed by atoms with Crippen molar-refractivity contribution < 1.29 is 22.7 Å². The summed E-state index contributed by atoms with van der Waals surface area (Å²) in [6, 6.07) is 19.9. The summed E-state index contributed by atoms with van der Waals surface area (Å²) >= 11 is 12.3. The second-order valence-corrected chi connectivity index (χ2v) is 11.6. The van der Waals surface area contributed by atoms with Gasteiger partial charge in [-0.1, -0.05) is 65.7 Å². The van der Waals surface area contributed by atoms with Gasteiger partial charge in [0.1, 0.15) is 18.3 Å². The zero-order valence-corrected chi connectivity index (χ0v) is 24.3. The van der Waals surface area contributed by atoms with Crippen molar-refractivity contribution in [1.29, 1.82) is 0 Å². The van der Waals surface area contributed by atoms with Crippen molar-refractivity contribution in [2.24, 2.45) is 0 Å². The normalized spacial score (nSPS) is 11.9. The second-order valence-electron chi connectivity index (χ2n) is 8.84. The lowest BCUT2D eigenvalue weighted by atomic mass is 10.0. The largest absolute Gasteiger partial charge is 0.497 e. The van der Waals surface area contributed by atoms with Crippen LogP contribution in [0, 0.1) is 0 Å². The SMILES string of the molecule is CCNC(=O)[C@@H](Cc1ccccc1)N(Cc1cccc(OC)c1)C(=O)CN(c1ccc(Cl)cc1Cl)S(C)(=O)=O. The highest BCUT2D eigenvalue weighted by atomic mass is 35.5. The molecule has 0 radical (unpaired) electrons. The number of carbonyl (C=O) groups excluding carboxylic acids is 2. The van der Waals surface area contributed by atoms with Crippen LogP contribution in [0.25, 0.3) is 0 Å². The number of ether oxygens (including phenoxy) is 1. The van der Waals surface area contributed by atoms with Crippen molar-refractivity contribution >= 4 is 50.7 Å². The number of hydrogen-bond donors (Lipinski definition) is 1. The number of carbonyl (C=O) groups is 2. The molecule has 11 heteroatoms. The Morgan fingerprint density at radius 3 is 2.28 bits per heavy atom. The van der Waals surface area contributed by atoms with Crippen LogP contribution >= 0.6 is 23.2 Å². The standard InChI is InChI=1S/C28H31Cl2N3O5S/c1-4-31-28(35)26(16-20-9-6-5-7-10-20)32(18-21-11-8-12-23(15-21)38-2)27(34)19-33(39(3,36)37)25-14-13-22(29)17-24(25)30/h5-15,17,26H,4,16,18-19H2,1-3H3,(H,31,35)/t26-/m1/s1. The van der Waals surface area contributed by atoms with E-state index >= 15 is 0 Å². The predicted octanol–water partition coefficient (Wildman–Crippen LogP) is 4.54. The van der Waals surface area contributed by atoms with Gasteiger partial charge in [0.15, 0.2) is 0 Å². The third-order valence-electron chi connectivity index (χ3n) is 5.97. The molecular formula is C28H31Cl2N3O5S. The van der Waals surface area contributed by atoms with Crippen LogP contribution in [0.1, 0.15) is 18.1 Å². The average Bonchev–Trinajstić information content (AvgIpc) is 2.90. The minimum atomic E-state index is -3.94. The minimum Gasteiger partial charge on any atom is -0.497 e. The Bertz CT molecular complexity index is 1400. The van der Waals surface area contributed by atoms with Crippen molar-refractivity contribution in [2.45, 2.75) is 25.9 Å². The van der Waals surface area contributed by atoms with Gasteiger partial charge in [0, 0.05) is 24.5 Å². The number of amides is 2. The van der Waals surface area contributed by atoms with Crippen molar-refractivity contribution in [3.8, 4) is 5.75 Å². The molecule has 1 N–H and O–H groups in total. The van der Waals surface area contributed by atoms with Crippen molar-refractivity contribution in [3.05, 3.63) is 94.0 Å². The minimum absolute atomic E-state index is 0.0383. The number of methoxy groups -OCH3 is 1. The number of sulfonamides is 1. The zero-order chi connectivity index (χ0) is 28.6. The summed E-state index contributed by atoms with van der Waals surface area (Å²) in [6.45, 7) is 1.62. The highest BCUT2D eigenvalue weighted by Gasteiger charge is 2.33. The molecular weight excluding hydrogens is 561 g/mol. The Balaban J connectivity index is 2.07. The van der Waals surface area contributed by atoms with E-state index in [2.05, 4.69) is 5.32 Å². The lowest BCUT2D eigenvalue weighted by Crippen LogP contribution is -2.53. The molecule has 208 valence electrons. The average molecular weight is 593 g/mol. The topological polar surface area (TPSA) is 96.0 Å². The molecule has 3 aromatic rings. The Morgan fingerprint density at radius 2 is 1.67 bits per heavy atom. The van der Waals surface area contributed by atoms with Crippen LogP contribution in [0.3, 0.4) is 0 Å². The predicted molar refractivity (Wildman–Crippen MR) is 155 cm³/mol. The molecule has 0 unspecified atom stereocenters.